The second kappa shape index (κ2) is 31.1. The van der Waals surface area contributed by atoms with Crippen LogP contribution < -0.4 is 63.9 Å². The van der Waals surface area contributed by atoms with Crippen LogP contribution in [0.2, 0.25) is 0 Å². The average Bonchev–Trinajstić information content (AvgIpc) is 3.30. The Balaban J connectivity index is 0. The first-order chi connectivity index (χ1) is 34.3. The van der Waals surface area contributed by atoms with Crippen molar-refractivity contribution in [1.29, 1.82) is 0 Å². The Bertz CT molecular complexity index is 3540. The van der Waals surface area contributed by atoms with E-state index in [-0.39, 0.29) is 75.6 Å². The van der Waals surface area contributed by atoms with Gasteiger partial charge in [0.05, 0.1) is 4.90 Å². The number of hydrogen-bond donors (Lipinski definition) is 2. The number of hydrogen-bond acceptors (Lipinski definition) is 13. The number of phenols is 1. The number of halogens is 19. The fraction of sp³-hybridized carbons (Fsp3) is 0.0526. The van der Waals surface area contributed by atoms with Gasteiger partial charge in [-0.1, -0.05) is 12.1 Å². The first-order valence-corrected chi connectivity index (χ1v) is 21.8. The standard InChI is InChI=1S/C19H7F9O4S.C10H6O.C9F10.2Na.3O3S/c20-12-11(19(27,28)17(24)18(25)26)13(21)15(23)16(14(12)22)32-10-3-1-2-7-6-8(33(29,30)31)4-5-9(7)10;11-10-7-3-5-8-4-1-2-6-9(8)10;10-2-1(9(18,19)7(15)8(16)17)3(11)5(13)6(14)4(2)12;;;3*1-4(2)3/h1-6H,(H,29,30,31);2,4-7,11H;;;;;;/q;-2;;2*+1;;;. The van der Waals surface area contributed by atoms with E-state index in [0.717, 1.165) is 41.1 Å². The largest absolute Gasteiger partial charge is 1.00 e. The fourth-order valence-corrected chi connectivity index (χ4v) is 5.51. The number of phenolic OH excluding ortho intramolecular Hbond substituents is 1. The number of rotatable bonds is 7. The van der Waals surface area contributed by atoms with Crippen LogP contribution in [0.5, 0.6) is 17.2 Å². The Morgan fingerprint density at radius 3 is 1.26 bits per heavy atom. The molecule has 0 aliphatic rings. The van der Waals surface area contributed by atoms with Crippen molar-refractivity contribution < 1.29 is 203 Å². The maximum atomic E-state index is 14.3. The van der Waals surface area contributed by atoms with Crippen molar-refractivity contribution in [3.63, 3.8) is 0 Å². The average molecular weight is 1230 g/mol. The second-order valence-electron chi connectivity index (χ2n) is 12.4. The molecule has 0 aliphatic carbocycles. The third-order valence-electron chi connectivity index (χ3n) is 7.90. The summed E-state index contributed by atoms with van der Waals surface area (Å²) in [4.78, 5) is -0.580. The summed E-state index contributed by atoms with van der Waals surface area (Å²) in [5, 5.41) is 11.0. The second-order valence-corrected chi connectivity index (χ2v) is 15.0. The molecule has 0 aromatic heterocycles. The first kappa shape index (κ1) is 73.4. The number of aromatic hydroxyl groups is 1. The van der Waals surface area contributed by atoms with Crippen LogP contribution in [0.1, 0.15) is 11.1 Å². The molecule has 0 fully saturated rings. The number of ether oxygens (including phenoxy) is 1. The van der Waals surface area contributed by atoms with Crippen LogP contribution in [0.15, 0.2) is 95.4 Å². The zero-order chi connectivity index (χ0) is 58.4. The molecule has 6 aromatic rings. The number of allylic oxidation sites excluding steroid dienone is 2. The summed E-state index contributed by atoms with van der Waals surface area (Å²) < 4.78 is 359. The molecule has 0 heterocycles. The third kappa shape index (κ3) is 20.0. The molecule has 39 heteroatoms. The minimum Gasteiger partial charge on any atom is -0.566 e. The Labute approximate surface area is 463 Å². The summed E-state index contributed by atoms with van der Waals surface area (Å²) in [5.74, 6) is -46.4. The topological polar surface area (TPSA) is 237 Å². The van der Waals surface area contributed by atoms with Crippen LogP contribution in [0.25, 0.3) is 21.5 Å². The molecule has 0 amide bonds. The summed E-state index contributed by atoms with van der Waals surface area (Å²) in [7, 11) is -14.0. The van der Waals surface area contributed by atoms with Gasteiger partial charge in [0.1, 0.15) is 16.9 Å². The van der Waals surface area contributed by atoms with Crippen molar-refractivity contribution in [1.82, 2.24) is 0 Å². The van der Waals surface area contributed by atoms with E-state index in [4.69, 9.17) is 47.2 Å². The first-order valence-electron chi connectivity index (χ1n) is 17.3. The van der Waals surface area contributed by atoms with Gasteiger partial charge in [-0.15, -0.1) is 54.7 Å². The zero-order valence-corrected chi connectivity index (χ0v) is 43.7. The summed E-state index contributed by atoms with van der Waals surface area (Å²) in [6.07, 6.45) is -7.33. The predicted molar refractivity (Wildman–Crippen MR) is 207 cm³/mol. The van der Waals surface area contributed by atoms with E-state index in [1.54, 1.807) is 12.1 Å². The molecular weight excluding hydrogens is 1220 g/mol. The summed E-state index contributed by atoms with van der Waals surface area (Å²) in [5.41, 5.74) is -5.93. The smallest absolute Gasteiger partial charge is 0.566 e. The van der Waals surface area contributed by atoms with E-state index >= 15 is 0 Å². The number of alkyl halides is 4. The summed E-state index contributed by atoms with van der Waals surface area (Å²) in [6, 6.07) is 20.7. The molecule has 0 saturated heterocycles. The van der Waals surface area contributed by atoms with Crippen LogP contribution in [0.4, 0.5) is 83.4 Å². The molecule has 2 N–H and O–H groups in total. The van der Waals surface area contributed by atoms with Crippen LogP contribution in [-0.4, -0.2) is 56.0 Å². The molecule has 14 nitrogen and oxygen atoms in total. The molecular formula is C38H13F19Na2O14S4. The zero-order valence-electron chi connectivity index (χ0n) is 36.5. The molecule has 77 heavy (non-hydrogen) atoms. The summed E-state index contributed by atoms with van der Waals surface area (Å²) in [6.45, 7) is 0. The van der Waals surface area contributed by atoms with Crippen molar-refractivity contribution in [3.05, 3.63) is 166 Å². The van der Waals surface area contributed by atoms with E-state index in [9.17, 15) is 96.9 Å². The normalized spacial score (nSPS) is 10.5. The monoisotopic (exact) mass is 1230 g/mol. The van der Waals surface area contributed by atoms with Gasteiger partial charge in [-0.25, -0.2) is 30.7 Å². The quantitative estimate of drug-likeness (QED) is 0.0567. The molecule has 408 valence electrons. The van der Waals surface area contributed by atoms with Gasteiger partial charge in [0.2, 0.25) is 34.9 Å². The van der Waals surface area contributed by atoms with Crippen LogP contribution in [0.3, 0.4) is 0 Å². The van der Waals surface area contributed by atoms with Gasteiger partial charge in [-0.05, 0) is 35.4 Å². The van der Waals surface area contributed by atoms with Crippen molar-refractivity contribution >= 4 is 63.5 Å². The van der Waals surface area contributed by atoms with Crippen LogP contribution >= 0.6 is 0 Å². The van der Waals surface area contributed by atoms with E-state index in [2.05, 4.69) is 12.1 Å². The molecule has 0 aliphatic heterocycles. The molecule has 6 aromatic carbocycles. The molecule has 0 saturated carbocycles. The fourth-order valence-electron chi connectivity index (χ4n) is 4.99. The van der Waals surface area contributed by atoms with E-state index in [1.807, 2.05) is 18.2 Å². The van der Waals surface area contributed by atoms with Gasteiger partial charge < -0.3 is 9.84 Å². The third-order valence-corrected chi connectivity index (χ3v) is 8.75. The van der Waals surface area contributed by atoms with Gasteiger partial charge in [-0.3, -0.25) is 4.55 Å². The van der Waals surface area contributed by atoms with Crippen LogP contribution in [0, 0.1) is 64.5 Å². The molecule has 6 rings (SSSR count). The van der Waals surface area contributed by atoms with E-state index in [1.165, 1.54) is 6.07 Å². The molecule has 0 radical (unpaired) electrons. The van der Waals surface area contributed by atoms with Crippen molar-refractivity contribution in [3.8, 4) is 17.2 Å². The van der Waals surface area contributed by atoms with Crippen molar-refractivity contribution in [2.45, 2.75) is 16.7 Å². The molecule has 0 bridgehead atoms. The molecule has 0 atom stereocenters. The Morgan fingerprint density at radius 1 is 0.506 bits per heavy atom. The summed E-state index contributed by atoms with van der Waals surface area (Å²) >= 11 is 0. The van der Waals surface area contributed by atoms with Crippen molar-refractivity contribution in [2.75, 3.05) is 0 Å². The minimum atomic E-state index is -5.75. The SMILES string of the molecule is FC(F)=C(F)C(F)(F)c1c(F)c(F)c(F)c(F)c1F.O=S(=O)(O)c1ccc2c(Oc3c(F)c(F)c(C(F)(F)C(F)=C(F)F)c(F)c3F)cccc2c1.O=S(=O)=O.O=S(=O)=O.O=S(=O)=O.Oc1c[c-]cc2c[c-]ccc12.[Na+].[Na+]. The van der Waals surface area contributed by atoms with Gasteiger partial charge in [0.15, 0.2) is 34.9 Å². The maximum absolute atomic E-state index is 14.3. The van der Waals surface area contributed by atoms with E-state index in [0.29, 0.717) is 0 Å². The Morgan fingerprint density at radius 2 is 0.883 bits per heavy atom. The number of fused-ring (bicyclic) bond motifs is 2. The van der Waals surface area contributed by atoms with Crippen LogP contribution in [-0.2, 0) is 53.8 Å². The predicted octanol–water partition coefficient (Wildman–Crippen LogP) is 4.30. The Kier molecular flexibility index (Phi) is 29.6. The molecule has 0 unspecified atom stereocenters. The van der Waals surface area contributed by atoms with Gasteiger partial charge in [-0.2, -0.15) is 97.5 Å². The number of benzene rings is 6. The minimum absolute atomic E-state index is 0. The Hall–Kier alpha value is -5.64. The van der Waals surface area contributed by atoms with E-state index < -0.39 is 157 Å². The maximum Gasteiger partial charge on any atom is 1.00 e. The molecule has 0 spiro atoms. The van der Waals surface area contributed by atoms with Gasteiger partial charge in [0, 0.05) is 5.39 Å². The van der Waals surface area contributed by atoms with Gasteiger partial charge >= 0.3 is 115 Å². The van der Waals surface area contributed by atoms with Gasteiger partial charge in [0.25, 0.3) is 10.1 Å². The van der Waals surface area contributed by atoms with Crippen molar-refractivity contribution in [2.24, 2.45) is 0 Å².